The number of para-hydroxylation sites is 2. The number of aliphatic hydroxyl groups is 1. The zero-order chi connectivity index (χ0) is 14.7. The number of rotatable bonds is 5. The van der Waals surface area contributed by atoms with Crippen LogP contribution in [0.2, 0.25) is 0 Å². The summed E-state index contributed by atoms with van der Waals surface area (Å²) in [7, 11) is 0. The highest BCUT2D eigenvalue weighted by atomic mass is 16.3. The van der Waals surface area contributed by atoms with E-state index in [9.17, 15) is 5.11 Å². The van der Waals surface area contributed by atoms with Crippen molar-refractivity contribution >= 4 is 16.9 Å². The minimum absolute atomic E-state index is 0.126. The predicted octanol–water partition coefficient (Wildman–Crippen LogP) is 1.49. The standard InChI is InChI=1S/C16H22N4O/c1-12-16(19-15-7-3-2-6-14(15)18-12)20(9-10-21)11-13-5-4-8-17-13/h2-3,6-7,13,17,21H,4-5,8-11H2,1H3. The molecule has 0 bridgehead atoms. The average molecular weight is 286 g/mol. The first kappa shape index (κ1) is 14.2. The molecule has 1 aromatic heterocycles. The second-order valence-electron chi connectivity index (χ2n) is 5.58. The van der Waals surface area contributed by atoms with E-state index in [1.165, 1.54) is 12.8 Å². The monoisotopic (exact) mass is 286 g/mol. The van der Waals surface area contributed by atoms with E-state index in [4.69, 9.17) is 4.98 Å². The van der Waals surface area contributed by atoms with E-state index in [1.54, 1.807) is 0 Å². The molecular weight excluding hydrogens is 264 g/mol. The average Bonchev–Trinajstić information content (AvgIpc) is 2.99. The number of nitrogens with one attached hydrogen (secondary N) is 1. The number of benzene rings is 1. The summed E-state index contributed by atoms with van der Waals surface area (Å²) in [5.41, 5.74) is 2.74. The lowest BCUT2D eigenvalue weighted by molar-refractivity contribution is 0.300. The molecule has 0 aliphatic carbocycles. The van der Waals surface area contributed by atoms with Crippen LogP contribution in [0.4, 0.5) is 5.82 Å². The maximum absolute atomic E-state index is 9.37. The number of nitrogens with zero attached hydrogens (tertiary/aromatic N) is 3. The van der Waals surface area contributed by atoms with Crippen LogP contribution in [0.1, 0.15) is 18.5 Å². The molecule has 112 valence electrons. The van der Waals surface area contributed by atoms with E-state index < -0.39 is 0 Å². The molecule has 2 heterocycles. The molecule has 1 unspecified atom stereocenters. The Bertz CT molecular complexity index is 610. The van der Waals surface area contributed by atoms with Gasteiger partial charge in [-0.05, 0) is 38.4 Å². The van der Waals surface area contributed by atoms with Crippen molar-refractivity contribution in [3.63, 3.8) is 0 Å². The summed E-state index contributed by atoms with van der Waals surface area (Å²) in [6.07, 6.45) is 2.40. The highest BCUT2D eigenvalue weighted by Gasteiger charge is 2.20. The van der Waals surface area contributed by atoms with Gasteiger partial charge in [0.05, 0.1) is 23.3 Å². The largest absolute Gasteiger partial charge is 0.395 e. The Morgan fingerprint density at radius 2 is 2.05 bits per heavy atom. The van der Waals surface area contributed by atoms with Crippen molar-refractivity contribution in [3.8, 4) is 0 Å². The molecular formula is C16H22N4O. The fourth-order valence-corrected chi connectivity index (χ4v) is 2.96. The molecule has 1 atom stereocenters. The highest BCUT2D eigenvalue weighted by Crippen LogP contribution is 2.21. The molecule has 2 N–H and O–H groups in total. The molecule has 0 saturated carbocycles. The normalized spacial score (nSPS) is 18.3. The molecule has 1 saturated heterocycles. The van der Waals surface area contributed by atoms with Crippen molar-refractivity contribution in [2.24, 2.45) is 0 Å². The quantitative estimate of drug-likeness (QED) is 0.872. The number of hydrogen-bond acceptors (Lipinski definition) is 5. The van der Waals surface area contributed by atoms with E-state index in [0.717, 1.165) is 35.6 Å². The summed E-state index contributed by atoms with van der Waals surface area (Å²) < 4.78 is 0. The van der Waals surface area contributed by atoms with Gasteiger partial charge in [-0.1, -0.05) is 12.1 Å². The third kappa shape index (κ3) is 3.14. The Labute approximate surface area is 125 Å². The van der Waals surface area contributed by atoms with Crippen LogP contribution in [-0.2, 0) is 0 Å². The van der Waals surface area contributed by atoms with Gasteiger partial charge < -0.3 is 15.3 Å². The van der Waals surface area contributed by atoms with Crippen molar-refractivity contribution in [2.75, 3.05) is 31.1 Å². The lowest BCUT2D eigenvalue weighted by Gasteiger charge is -2.27. The molecule has 3 rings (SSSR count). The van der Waals surface area contributed by atoms with Crippen LogP contribution in [0.15, 0.2) is 24.3 Å². The van der Waals surface area contributed by atoms with Crippen molar-refractivity contribution in [3.05, 3.63) is 30.0 Å². The number of aliphatic hydroxyl groups excluding tert-OH is 1. The van der Waals surface area contributed by atoms with Gasteiger partial charge in [-0.25, -0.2) is 9.97 Å². The third-order valence-electron chi connectivity index (χ3n) is 3.99. The van der Waals surface area contributed by atoms with Crippen LogP contribution in [0, 0.1) is 6.92 Å². The van der Waals surface area contributed by atoms with Gasteiger partial charge in [-0.3, -0.25) is 0 Å². The van der Waals surface area contributed by atoms with E-state index in [1.807, 2.05) is 31.2 Å². The molecule has 0 spiro atoms. The molecule has 1 aromatic carbocycles. The van der Waals surface area contributed by atoms with Crippen LogP contribution in [0.25, 0.3) is 11.0 Å². The molecule has 1 aliphatic heterocycles. The van der Waals surface area contributed by atoms with Crippen LogP contribution in [0.3, 0.4) is 0 Å². The molecule has 0 radical (unpaired) electrons. The smallest absolute Gasteiger partial charge is 0.150 e. The highest BCUT2D eigenvalue weighted by molar-refractivity contribution is 5.76. The van der Waals surface area contributed by atoms with Gasteiger partial charge in [0.1, 0.15) is 0 Å². The van der Waals surface area contributed by atoms with E-state index in [0.29, 0.717) is 12.6 Å². The Morgan fingerprint density at radius 3 is 2.71 bits per heavy atom. The van der Waals surface area contributed by atoms with Gasteiger partial charge in [0.2, 0.25) is 0 Å². The molecule has 1 fully saturated rings. The molecule has 5 nitrogen and oxygen atoms in total. The zero-order valence-corrected chi connectivity index (χ0v) is 12.4. The summed E-state index contributed by atoms with van der Waals surface area (Å²) in [6, 6.07) is 8.39. The predicted molar refractivity (Wildman–Crippen MR) is 84.6 cm³/mol. The van der Waals surface area contributed by atoms with Crippen molar-refractivity contribution < 1.29 is 5.11 Å². The topological polar surface area (TPSA) is 61.3 Å². The Morgan fingerprint density at radius 1 is 1.29 bits per heavy atom. The molecule has 21 heavy (non-hydrogen) atoms. The van der Waals surface area contributed by atoms with Crippen LogP contribution < -0.4 is 10.2 Å². The minimum atomic E-state index is 0.126. The van der Waals surface area contributed by atoms with E-state index in [-0.39, 0.29) is 6.61 Å². The zero-order valence-electron chi connectivity index (χ0n) is 12.4. The second kappa shape index (κ2) is 6.37. The van der Waals surface area contributed by atoms with Crippen molar-refractivity contribution in [1.29, 1.82) is 0 Å². The number of fused-ring (bicyclic) bond motifs is 1. The lowest BCUT2D eigenvalue weighted by atomic mass is 10.2. The van der Waals surface area contributed by atoms with Gasteiger partial charge in [0.25, 0.3) is 0 Å². The first-order valence-corrected chi connectivity index (χ1v) is 7.60. The van der Waals surface area contributed by atoms with Crippen molar-refractivity contribution in [1.82, 2.24) is 15.3 Å². The van der Waals surface area contributed by atoms with Gasteiger partial charge in [-0.15, -0.1) is 0 Å². The van der Waals surface area contributed by atoms with Crippen LogP contribution in [-0.4, -0.2) is 47.4 Å². The Hall–Kier alpha value is -1.72. The fourth-order valence-electron chi connectivity index (χ4n) is 2.96. The van der Waals surface area contributed by atoms with Crippen LogP contribution in [0.5, 0.6) is 0 Å². The molecule has 2 aromatic rings. The van der Waals surface area contributed by atoms with Crippen LogP contribution >= 0.6 is 0 Å². The summed E-state index contributed by atoms with van der Waals surface area (Å²) in [5, 5.41) is 12.9. The summed E-state index contributed by atoms with van der Waals surface area (Å²) in [5.74, 6) is 0.886. The van der Waals surface area contributed by atoms with Gasteiger partial charge in [0, 0.05) is 19.1 Å². The summed E-state index contributed by atoms with van der Waals surface area (Å²) >= 11 is 0. The maximum atomic E-state index is 9.37. The Kier molecular flexibility index (Phi) is 4.31. The van der Waals surface area contributed by atoms with Gasteiger partial charge >= 0.3 is 0 Å². The van der Waals surface area contributed by atoms with Gasteiger partial charge in [-0.2, -0.15) is 0 Å². The summed E-state index contributed by atoms with van der Waals surface area (Å²) in [6.45, 7) is 4.66. The number of aryl methyl sites for hydroxylation is 1. The number of hydrogen-bond donors (Lipinski definition) is 2. The van der Waals surface area contributed by atoms with Crippen molar-refractivity contribution in [2.45, 2.75) is 25.8 Å². The molecule has 0 amide bonds. The van der Waals surface area contributed by atoms with E-state index >= 15 is 0 Å². The van der Waals surface area contributed by atoms with Gasteiger partial charge in [0.15, 0.2) is 5.82 Å². The third-order valence-corrected chi connectivity index (χ3v) is 3.99. The SMILES string of the molecule is Cc1nc2ccccc2nc1N(CCO)CC1CCCN1. The van der Waals surface area contributed by atoms with E-state index in [2.05, 4.69) is 15.2 Å². The number of aromatic nitrogens is 2. The summed E-state index contributed by atoms with van der Waals surface area (Å²) in [4.78, 5) is 11.6. The molecule has 1 aliphatic rings. The lowest BCUT2D eigenvalue weighted by Crippen LogP contribution is -2.40. The minimum Gasteiger partial charge on any atom is -0.395 e. The second-order valence-corrected chi connectivity index (χ2v) is 5.58. The first-order chi connectivity index (χ1) is 10.3. The maximum Gasteiger partial charge on any atom is 0.150 e. The fraction of sp³-hybridized carbons (Fsp3) is 0.500. The Balaban J connectivity index is 1.91. The number of anilines is 1. The first-order valence-electron chi connectivity index (χ1n) is 7.60. The molecule has 5 heteroatoms.